The molecule has 0 amide bonds. The maximum atomic E-state index is 13.6. The van der Waals surface area contributed by atoms with Gasteiger partial charge in [-0.25, -0.2) is 18.7 Å². The van der Waals surface area contributed by atoms with Crippen LogP contribution in [0, 0.1) is 11.6 Å². The molecule has 0 aliphatic carbocycles. The lowest BCUT2D eigenvalue weighted by molar-refractivity contribution is 0.498. The fraction of sp³-hybridized carbons (Fsp3) is 0.231. The molecule has 1 atom stereocenters. The van der Waals surface area contributed by atoms with Crippen LogP contribution in [0.2, 0.25) is 0 Å². The molecule has 0 saturated carbocycles. The summed E-state index contributed by atoms with van der Waals surface area (Å²) in [6.07, 6.45) is 4.72. The van der Waals surface area contributed by atoms with Crippen molar-refractivity contribution >= 4 is 15.9 Å². The van der Waals surface area contributed by atoms with E-state index in [1.54, 1.807) is 18.5 Å². The van der Waals surface area contributed by atoms with Crippen molar-refractivity contribution < 1.29 is 8.78 Å². The van der Waals surface area contributed by atoms with Crippen LogP contribution < -0.4 is 5.32 Å². The predicted molar refractivity (Wildman–Crippen MR) is 71.6 cm³/mol. The highest BCUT2D eigenvalue weighted by Gasteiger charge is 2.20. The highest BCUT2D eigenvalue weighted by atomic mass is 79.9. The Morgan fingerprint density at radius 2 is 1.95 bits per heavy atom. The molecule has 6 heteroatoms. The third-order valence-corrected chi connectivity index (χ3v) is 3.50. The smallest absolute Gasteiger partial charge is 0.173 e. The molecule has 1 N–H and O–H groups in total. The van der Waals surface area contributed by atoms with Gasteiger partial charge in [0.1, 0.15) is 6.33 Å². The van der Waals surface area contributed by atoms with Gasteiger partial charge in [0.15, 0.2) is 11.6 Å². The molecule has 19 heavy (non-hydrogen) atoms. The Morgan fingerprint density at radius 1 is 1.26 bits per heavy atom. The third kappa shape index (κ3) is 2.96. The third-order valence-electron chi connectivity index (χ3n) is 2.70. The number of nitrogens with zero attached hydrogens (tertiary/aromatic N) is 2. The van der Waals surface area contributed by atoms with Crippen LogP contribution in [0.1, 0.15) is 24.1 Å². The van der Waals surface area contributed by atoms with Gasteiger partial charge in [0.2, 0.25) is 0 Å². The van der Waals surface area contributed by atoms with Crippen LogP contribution in [0.15, 0.2) is 35.3 Å². The number of nitrogens with one attached hydrogen (secondary N) is 1. The van der Waals surface area contributed by atoms with Gasteiger partial charge in [0.05, 0.1) is 10.5 Å². The number of hydrogen-bond acceptors (Lipinski definition) is 3. The highest BCUT2D eigenvalue weighted by molar-refractivity contribution is 9.10. The first-order chi connectivity index (χ1) is 9.15. The van der Waals surface area contributed by atoms with E-state index in [9.17, 15) is 8.78 Å². The topological polar surface area (TPSA) is 37.8 Å². The highest BCUT2D eigenvalue weighted by Crippen LogP contribution is 2.31. The summed E-state index contributed by atoms with van der Waals surface area (Å²) in [5.74, 6) is -1.77. The van der Waals surface area contributed by atoms with Crippen LogP contribution in [0.3, 0.4) is 0 Å². The van der Waals surface area contributed by atoms with E-state index in [1.165, 1.54) is 6.33 Å². The lowest BCUT2D eigenvalue weighted by Crippen LogP contribution is -2.23. The van der Waals surface area contributed by atoms with E-state index in [0.717, 1.165) is 11.6 Å². The largest absolute Gasteiger partial charge is 0.306 e. The summed E-state index contributed by atoms with van der Waals surface area (Å²) in [7, 11) is 0. The lowest BCUT2D eigenvalue weighted by atomic mass is 10.0. The molecule has 1 aromatic carbocycles. The van der Waals surface area contributed by atoms with E-state index in [2.05, 4.69) is 31.2 Å². The van der Waals surface area contributed by atoms with Crippen LogP contribution in [0.5, 0.6) is 0 Å². The van der Waals surface area contributed by atoms with Crippen LogP contribution in [0.25, 0.3) is 0 Å². The van der Waals surface area contributed by atoms with Crippen LogP contribution in [-0.2, 0) is 0 Å². The van der Waals surface area contributed by atoms with Crippen molar-refractivity contribution in [3.8, 4) is 0 Å². The molecule has 0 saturated heterocycles. The summed E-state index contributed by atoms with van der Waals surface area (Å²) in [5, 5.41) is 3.20. The Bertz CT molecular complexity index is 563. The molecule has 0 bridgehead atoms. The van der Waals surface area contributed by atoms with E-state index < -0.39 is 11.6 Å². The number of hydrogen-bond donors (Lipinski definition) is 1. The van der Waals surface area contributed by atoms with Gasteiger partial charge in [0, 0.05) is 18.0 Å². The van der Waals surface area contributed by atoms with Gasteiger partial charge in [0.25, 0.3) is 0 Å². The molecule has 2 rings (SSSR count). The van der Waals surface area contributed by atoms with E-state index in [-0.39, 0.29) is 10.5 Å². The second kappa shape index (κ2) is 6.16. The van der Waals surface area contributed by atoms with E-state index in [0.29, 0.717) is 12.1 Å². The van der Waals surface area contributed by atoms with Crippen molar-refractivity contribution in [3.05, 3.63) is 58.1 Å². The molecule has 2 aromatic rings. The van der Waals surface area contributed by atoms with Crippen molar-refractivity contribution in [2.24, 2.45) is 0 Å². The summed E-state index contributed by atoms with van der Waals surface area (Å²) in [6, 6.07) is 2.36. The Morgan fingerprint density at radius 3 is 2.58 bits per heavy atom. The second-order valence-corrected chi connectivity index (χ2v) is 4.72. The molecule has 0 aliphatic heterocycles. The summed E-state index contributed by atoms with van der Waals surface area (Å²) in [5.41, 5.74) is 1.40. The summed E-state index contributed by atoms with van der Waals surface area (Å²) < 4.78 is 26.9. The average molecular weight is 328 g/mol. The summed E-state index contributed by atoms with van der Waals surface area (Å²) in [4.78, 5) is 7.90. The number of rotatable bonds is 4. The van der Waals surface area contributed by atoms with Crippen molar-refractivity contribution in [1.29, 1.82) is 0 Å². The molecule has 0 spiro atoms. The minimum atomic E-state index is -0.891. The zero-order valence-corrected chi connectivity index (χ0v) is 11.8. The molecule has 1 unspecified atom stereocenters. The van der Waals surface area contributed by atoms with Crippen molar-refractivity contribution in [3.63, 3.8) is 0 Å². The summed E-state index contributed by atoms with van der Waals surface area (Å²) in [6.45, 7) is 2.61. The zero-order valence-electron chi connectivity index (χ0n) is 10.2. The first-order valence-electron chi connectivity index (χ1n) is 5.76. The molecule has 3 nitrogen and oxygen atoms in total. The maximum Gasteiger partial charge on any atom is 0.173 e. The maximum absolute atomic E-state index is 13.6. The van der Waals surface area contributed by atoms with Crippen molar-refractivity contribution in [2.75, 3.05) is 6.54 Å². The molecule has 1 aromatic heterocycles. The normalized spacial score (nSPS) is 12.4. The van der Waals surface area contributed by atoms with Crippen LogP contribution >= 0.6 is 15.9 Å². The quantitative estimate of drug-likeness (QED) is 0.876. The van der Waals surface area contributed by atoms with Crippen molar-refractivity contribution in [2.45, 2.75) is 13.0 Å². The van der Waals surface area contributed by atoms with Crippen LogP contribution in [0.4, 0.5) is 8.78 Å². The summed E-state index contributed by atoms with van der Waals surface area (Å²) >= 11 is 3.10. The van der Waals surface area contributed by atoms with E-state index >= 15 is 0 Å². The Hall–Kier alpha value is -1.40. The average Bonchev–Trinajstić information content (AvgIpc) is 2.44. The van der Waals surface area contributed by atoms with E-state index in [4.69, 9.17) is 0 Å². The van der Waals surface area contributed by atoms with Gasteiger partial charge in [-0.15, -0.1) is 0 Å². The van der Waals surface area contributed by atoms with Gasteiger partial charge in [-0.2, -0.15) is 0 Å². The van der Waals surface area contributed by atoms with Gasteiger partial charge in [-0.1, -0.05) is 13.0 Å². The molecule has 0 radical (unpaired) electrons. The molecule has 100 valence electrons. The lowest BCUT2D eigenvalue weighted by Gasteiger charge is -2.19. The molecule has 0 fully saturated rings. The molecule has 0 aliphatic rings. The SMILES string of the molecule is CCNC(c1cncnc1)c1ccc(F)c(F)c1Br. The van der Waals surface area contributed by atoms with Gasteiger partial charge < -0.3 is 5.32 Å². The van der Waals surface area contributed by atoms with Crippen LogP contribution in [-0.4, -0.2) is 16.5 Å². The van der Waals surface area contributed by atoms with Crippen molar-refractivity contribution in [1.82, 2.24) is 15.3 Å². The Kier molecular flexibility index (Phi) is 4.55. The number of halogens is 3. The minimum Gasteiger partial charge on any atom is -0.306 e. The van der Waals surface area contributed by atoms with E-state index in [1.807, 2.05) is 6.92 Å². The fourth-order valence-electron chi connectivity index (χ4n) is 1.83. The first-order valence-corrected chi connectivity index (χ1v) is 6.56. The first kappa shape index (κ1) is 14.0. The zero-order chi connectivity index (χ0) is 13.8. The molecule has 1 heterocycles. The minimum absolute atomic E-state index is 0.113. The Labute approximate surface area is 118 Å². The monoisotopic (exact) mass is 327 g/mol. The molecular formula is C13H12BrF2N3. The number of aromatic nitrogens is 2. The number of benzene rings is 1. The standard InChI is InChI=1S/C13H12BrF2N3/c1-2-19-13(8-5-17-7-18-6-8)9-3-4-10(15)12(16)11(9)14/h3-7,13,19H,2H2,1H3. The predicted octanol–water partition coefficient (Wildman–Crippen LogP) is 3.22. The Balaban J connectivity index is 2.49. The van der Waals surface area contributed by atoms with Gasteiger partial charge in [-0.3, -0.25) is 0 Å². The molecular weight excluding hydrogens is 316 g/mol. The fourth-order valence-corrected chi connectivity index (χ4v) is 2.39. The van der Waals surface area contributed by atoms with Gasteiger partial charge >= 0.3 is 0 Å². The van der Waals surface area contributed by atoms with Gasteiger partial charge in [-0.05, 0) is 34.1 Å². The second-order valence-electron chi connectivity index (χ2n) is 3.93.